The minimum Gasteiger partial charge on any atom is -0.366 e. The van der Waals surface area contributed by atoms with Gasteiger partial charge in [0.15, 0.2) is 0 Å². The number of rotatable bonds is 9. The molecule has 4 N–H and O–H groups in total. The van der Waals surface area contributed by atoms with Gasteiger partial charge in [-0.1, -0.05) is 12.1 Å². The number of benzene rings is 2. The monoisotopic (exact) mass is 435 g/mol. The number of thioether (sulfide) groups is 1. The van der Waals surface area contributed by atoms with Gasteiger partial charge >= 0.3 is 0 Å². The number of aryl methyl sites for hydroxylation is 2. The number of hydrogen-bond acceptors (Lipinski definition) is 5. The molecular formula is C20H25N3O4S2. The molecule has 0 saturated heterocycles. The van der Waals surface area contributed by atoms with Gasteiger partial charge in [0, 0.05) is 11.3 Å². The van der Waals surface area contributed by atoms with Gasteiger partial charge in [0.1, 0.15) is 6.04 Å². The van der Waals surface area contributed by atoms with Gasteiger partial charge in [-0.25, -0.2) is 8.42 Å². The molecule has 0 heterocycles. The van der Waals surface area contributed by atoms with Gasteiger partial charge in [0.05, 0.1) is 4.90 Å². The van der Waals surface area contributed by atoms with Gasteiger partial charge in [-0.05, 0) is 73.7 Å². The van der Waals surface area contributed by atoms with Crippen LogP contribution in [0, 0.1) is 13.8 Å². The molecule has 29 heavy (non-hydrogen) atoms. The molecule has 7 nitrogen and oxygen atoms in total. The van der Waals surface area contributed by atoms with E-state index in [-0.39, 0.29) is 4.90 Å². The molecule has 2 aromatic rings. The molecule has 1 atom stereocenters. The van der Waals surface area contributed by atoms with Crippen LogP contribution in [0.25, 0.3) is 0 Å². The molecule has 0 bridgehead atoms. The summed E-state index contributed by atoms with van der Waals surface area (Å²) in [4.78, 5) is 24.1. The Morgan fingerprint density at radius 2 is 1.76 bits per heavy atom. The molecule has 0 aliphatic heterocycles. The largest absolute Gasteiger partial charge is 0.366 e. The molecule has 156 valence electrons. The highest BCUT2D eigenvalue weighted by atomic mass is 32.2. The van der Waals surface area contributed by atoms with Crippen molar-refractivity contribution in [2.75, 3.05) is 17.3 Å². The van der Waals surface area contributed by atoms with Crippen LogP contribution in [0.5, 0.6) is 0 Å². The van der Waals surface area contributed by atoms with Crippen LogP contribution in [0.1, 0.15) is 27.9 Å². The van der Waals surface area contributed by atoms with E-state index in [1.807, 2.05) is 19.2 Å². The average molecular weight is 436 g/mol. The molecule has 0 saturated carbocycles. The van der Waals surface area contributed by atoms with Crippen molar-refractivity contribution in [2.45, 2.75) is 31.2 Å². The van der Waals surface area contributed by atoms with Gasteiger partial charge in [0.25, 0.3) is 0 Å². The van der Waals surface area contributed by atoms with Crippen LogP contribution >= 0.6 is 11.8 Å². The van der Waals surface area contributed by atoms with Crippen molar-refractivity contribution >= 4 is 39.3 Å². The summed E-state index contributed by atoms with van der Waals surface area (Å²) in [5.74, 6) is -0.435. The first-order valence-corrected chi connectivity index (χ1v) is 11.8. The van der Waals surface area contributed by atoms with E-state index in [2.05, 4.69) is 10.0 Å². The quantitative estimate of drug-likeness (QED) is 0.559. The number of anilines is 1. The highest BCUT2D eigenvalue weighted by molar-refractivity contribution is 7.98. The Labute approximate surface area is 175 Å². The second-order valence-electron chi connectivity index (χ2n) is 6.66. The van der Waals surface area contributed by atoms with Crippen molar-refractivity contribution in [3.63, 3.8) is 0 Å². The third-order valence-electron chi connectivity index (χ3n) is 4.29. The second-order valence-corrected chi connectivity index (χ2v) is 9.32. The Balaban J connectivity index is 2.22. The summed E-state index contributed by atoms with van der Waals surface area (Å²) >= 11 is 1.52. The number of primary amides is 1. The van der Waals surface area contributed by atoms with Gasteiger partial charge in [0.2, 0.25) is 21.8 Å². The normalized spacial score (nSPS) is 12.4. The first-order chi connectivity index (χ1) is 13.6. The van der Waals surface area contributed by atoms with E-state index in [0.29, 0.717) is 29.0 Å². The fraction of sp³-hybridized carbons (Fsp3) is 0.300. The minimum atomic E-state index is -3.88. The lowest BCUT2D eigenvalue weighted by atomic mass is 10.2. The fourth-order valence-electron chi connectivity index (χ4n) is 2.67. The molecule has 0 aliphatic rings. The molecule has 9 heteroatoms. The Kier molecular flexibility index (Phi) is 7.83. The number of sulfonamides is 1. The molecule has 0 aliphatic carbocycles. The molecule has 0 spiro atoms. The zero-order chi connectivity index (χ0) is 21.6. The summed E-state index contributed by atoms with van der Waals surface area (Å²) in [6.07, 6.45) is 2.22. The third-order valence-corrected chi connectivity index (χ3v) is 6.55. The summed E-state index contributed by atoms with van der Waals surface area (Å²) in [6.45, 7) is 3.53. The molecule has 2 amide bonds. The SMILES string of the molecule is CSCCC(NS(=O)(=O)c1cc(C)ccc1C)C(=O)Nc1ccc(C(N)=O)cc1. The van der Waals surface area contributed by atoms with Crippen LogP contribution < -0.4 is 15.8 Å². The molecule has 0 aromatic heterocycles. The number of carbonyl (C=O) groups is 2. The van der Waals surface area contributed by atoms with Crippen LogP contribution in [0.4, 0.5) is 5.69 Å². The van der Waals surface area contributed by atoms with Crippen molar-refractivity contribution < 1.29 is 18.0 Å². The third kappa shape index (κ3) is 6.31. The topological polar surface area (TPSA) is 118 Å². The minimum absolute atomic E-state index is 0.158. The van der Waals surface area contributed by atoms with Crippen molar-refractivity contribution in [1.29, 1.82) is 0 Å². The molecular weight excluding hydrogens is 410 g/mol. The van der Waals surface area contributed by atoms with Gasteiger partial charge in [-0.2, -0.15) is 16.5 Å². The maximum atomic E-state index is 12.9. The number of nitrogens with one attached hydrogen (secondary N) is 2. The Morgan fingerprint density at radius 1 is 1.10 bits per heavy atom. The van der Waals surface area contributed by atoms with Crippen molar-refractivity contribution in [3.05, 3.63) is 59.2 Å². The Hall–Kier alpha value is -2.36. The lowest BCUT2D eigenvalue weighted by Crippen LogP contribution is -2.44. The predicted molar refractivity (Wildman–Crippen MR) is 117 cm³/mol. The van der Waals surface area contributed by atoms with E-state index in [1.165, 1.54) is 23.9 Å². The Bertz CT molecular complexity index is 989. The first-order valence-electron chi connectivity index (χ1n) is 8.93. The lowest BCUT2D eigenvalue weighted by molar-refractivity contribution is -0.117. The maximum Gasteiger partial charge on any atom is 0.248 e. The molecule has 1 unspecified atom stereocenters. The van der Waals surface area contributed by atoms with E-state index >= 15 is 0 Å². The van der Waals surface area contributed by atoms with E-state index in [1.54, 1.807) is 31.2 Å². The van der Waals surface area contributed by atoms with E-state index < -0.39 is 27.9 Å². The number of carbonyl (C=O) groups excluding carboxylic acids is 2. The van der Waals surface area contributed by atoms with Crippen LogP contribution in [-0.2, 0) is 14.8 Å². The number of hydrogen-bond donors (Lipinski definition) is 3. The summed E-state index contributed by atoms with van der Waals surface area (Å²) in [7, 11) is -3.88. The van der Waals surface area contributed by atoms with E-state index in [4.69, 9.17) is 5.73 Å². The van der Waals surface area contributed by atoms with Crippen molar-refractivity contribution in [1.82, 2.24) is 4.72 Å². The number of amides is 2. The highest BCUT2D eigenvalue weighted by Crippen LogP contribution is 2.18. The first kappa shape index (κ1) is 22.9. The molecule has 0 radical (unpaired) electrons. The average Bonchev–Trinajstić information content (AvgIpc) is 2.67. The molecule has 0 fully saturated rings. The van der Waals surface area contributed by atoms with Crippen molar-refractivity contribution in [2.24, 2.45) is 5.73 Å². The fourth-order valence-corrected chi connectivity index (χ4v) is 4.70. The zero-order valence-corrected chi connectivity index (χ0v) is 18.2. The van der Waals surface area contributed by atoms with E-state index in [0.717, 1.165) is 5.56 Å². The maximum absolute atomic E-state index is 12.9. The molecule has 2 rings (SSSR count). The van der Waals surface area contributed by atoms with Crippen LogP contribution in [-0.4, -0.2) is 38.3 Å². The zero-order valence-electron chi connectivity index (χ0n) is 16.6. The van der Waals surface area contributed by atoms with E-state index in [9.17, 15) is 18.0 Å². The summed E-state index contributed by atoms with van der Waals surface area (Å²) in [6, 6.07) is 10.3. The highest BCUT2D eigenvalue weighted by Gasteiger charge is 2.26. The standard InChI is InChI=1S/C20H25N3O4S2/c1-13-4-5-14(2)18(12-13)29(26,27)23-17(10-11-28-3)20(25)22-16-8-6-15(7-9-16)19(21)24/h4-9,12,17,23H,10-11H2,1-3H3,(H2,21,24)(H,22,25). The van der Waals surface area contributed by atoms with Gasteiger partial charge < -0.3 is 11.1 Å². The van der Waals surface area contributed by atoms with Gasteiger partial charge in [-0.3, -0.25) is 9.59 Å². The van der Waals surface area contributed by atoms with Gasteiger partial charge in [-0.15, -0.1) is 0 Å². The smallest absolute Gasteiger partial charge is 0.248 e. The second kappa shape index (κ2) is 9.91. The van der Waals surface area contributed by atoms with Crippen LogP contribution in [0.2, 0.25) is 0 Å². The Morgan fingerprint density at radius 3 is 2.34 bits per heavy atom. The number of nitrogens with two attached hydrogens (primary N) is 1. The van der Waals surface area contributed by atoms with Crippen LogP contribution in [0.3, 0.4) is 0 Å². The summed E-state index contributed by atoms with van der Waals surface area (Å²) in [5, 5.41) is 2.69. The van der Waals surface area contributed by atoms with Crippen LogP contribution in [0.15, 0.2) is 47.4 Å². The lowest BCUT2D eigenvalue weighted by Gasteiger charge is -2.19. The van der Waals surface area contributed by atoms with Crippen molar-refractivity contribution in [3.8, 4) is 0 Å². The summed E-state index contributed by atoms with van der Waals surface area (Å²) in [5.41, 5.74) is 7.39. The predicted octanol–water partition coefficient (Wildman–Crippen LogP) is 2.44. The summed E-state index contributed by atoms with van der Waals surface area (Å²) < 4.78 is 28.3. The molecule has 2 aromatic carbocycles.